The number of halogens is 2. The van der Waals surface area contributed by atoms with Crippen LogP contribution < -0.4 is 11.1 Å². The van der Waals surface area contributed by atoms with Crippen molar-refractivity contribution >= 4 is 24.8 Å². The van der Waals surface area contributed by atoms with Crippen LogP contribution in [-0.4, -0.2) is 13.1 Å². The van der Waals surface area contributed by atoms with Crippen LogP contribution in [0.3, 0.4) is 0 Å². The fraction of sp³-hybridized carbons (Fsp3) is 0.500. The molecule has 104 valence electrons. The van der Waals surface area contributed by atoms with Gasteiger partial charge < -0.3 is 11.1 Å². The average molecular weight is 300 g/mol. The Labute approximate surface area is 126 Å². The van der Waals surface area contributed by atoms with Crippen molar-refractivity contribution in [2.45, 2.75) is 25.3 Å². The van der Waals surface area contributed by atoms with Crippen LogP contribution in [0, 0.1) is 16.7 Å². The van der Waals surface area contributed by atoms with Gasteiger partial charge in [-0.15, -0.1) is 24.8 Å². The number of hydrogen-bond acceptors (Lipinski definition) is 3. The van der Waals surface area contributed by atoms with Crippen LogP contribution in [0.1, 0.15) is 35.6 Å². The highest BCUT2D eigenvalue weighted by Gasteiger charge is 2.45. The van der Waals surface area contributed by atoms with E-state index in [0.29, 0.717) is 0 Å². The lowest BCUT2D eigenvalue weighted by atomic mass is 9.73. The van der Waals surface area contributed by atoms with Crippen molar-refractivity contribution in [3.05, 3.63) is 34.9 Å². The quantitative estimate of drug-likeness (QED) is 0.773. The molecule has 1 heterocycles. The third-order valence-electron chi connectivity index (χ3n) is 4.46. The Morgan fingerprint density at radius 3 is 2.58 bits per heavy atom. The predicted octanol–water partition coefficient (Wildman–Crippen LogP) is 2.33. The molecule has 3 nitrogen and oxygen atoms in total. The lowest BCUT2D eigenvalue weighted by molar-refractivity contribution is 0.174. The van der Waals surface area contributed by atoms with Crippen molar-refractivity contribution in [1.82, 2.24) is 5.32 Å². The summed E-state index contributed by atoms with van der Waals surface area (Å²) in [7, 11) is 0. The summed E-state index contributed by atoms with van der Waals surface area (Å²) >= 11 is 0. The van der Waals surface area contributed by atoms with E-state index < -0.39 is 0 Å². The molecule has 3 rings (SSSR count). The van der Waals surface area contributed by atoms with E-state index in [0.717, 1.165) is 37.9 Å². The van der Waals surface area contributed by atoms with E-state index in [1.807, 2.05) is 12.1 Å². The highest BCUT2D eigenvalue weighted by atomic mass is 35.5. The van der Waals surface area contributed by atoms with Crippen LogP contribution in [0.25, 0.3) is 0 Å². The molecule has 1 aliphatic carbocycles. The molecule has 0 radical (unpaired) electrons. The molecule has 19 heavy (non-hydrogen) atoms. The first-order valence-corrected chi connectivity index (χ1v) is 6.25. The molecule has 1 saturated heterocycles. The Bertz CT molecular complexity index is 490. The maximum atomic E-state index is 9.17. The van der Waals surface area contributed by atoms with Crippen molar-refractivity contribution in [2.24, 2.45) is 11.1 Å². The van der Waals surface area contributed by atoms with Crippen LogP contribution in [0.2, 0.25) is 0 Å². The van der Waals surface area contributed by atoms with Crippen molar-refractivity contribution < 1.29 is 0 Å². The number of nitrogens with two attached hydrogens (primary N) is 1. The molecule has 1 fully saturated rings. The zero-order valence-electron chi connectivity index (χ0n) is 10.7. The first-order chi connectivity index (χ1) is 8.27. The Balaban J connectivity index is 0.000000902. The molecule has 0 saturated carbocycles. The standard InChI is InChI=1S/C14H17N3.2ClH/c15-9-10-2-1-3-11-12(10)8-14(13(11)16)4-6-17-7-5-14;;/h1-3,13,17H,4-8,16H2;2*1H. The van der Waals surface area contributed by atoms with E-state index in [9.17, 15) is 5.26 Å². The largest absolute Gasteiger partial charge is 0.323 e. The highest BCUT2D eigenvalue weighted by molar-refractivity contribution is 5.85. The van der Waals surface area contributed by atoms with Crippen LogP contribution in [0.4, 0.5) is 0 Å². The van der Waals surface area contributed by atoms with Crippen LogP contribution in [0.5, 0.6) is 0 Å². The maximum absolute atomic E-state index is 9.17. The lowest BCUT2D eigenvalue weighted by Crippen LogP contribution is -2.42. The van der Waals surface area contributed by atoms with Gasteiger partial charge in [0.25, 0.3) is 0 Å². The summed E-state index contributed by atoms with van der Waals surface area (Å²) in [5.74, 6) is 0. The molecule has 1 unspecified atom stereocenters. The zero-order chi connectivity index (χ0) is 11.9. The van der Waals surface area contributed by atoms with Gasteiger partial charge in [0.05, 0.1) is 11.6 Å². The minimum Gasteiger partial charge on any atom is -0.323 e. The Morgan fingerprint density at radius 2 is 1.95 bits per heavy atom. The number of fused-ring (bicyclic) bond motifs is 1. The molecule has 0 amide bonds. The van der Waals surface area contributed by atoms with Gasteiger partial charge in [-0.05, 0) is 55.0 Å². The number of piperidine rings is 1. The summed E-state index contributed by atoms with van der Waals surface area (Å²) in [5, 5.41) is 12.6. The summed E-state index contributed by atoms with van der Waals surface area (Å²) in [5.41, 5.74) is 9.85. The number of nitrogens with zero attached hydrogens (tertiary/aromatic N) is 1. The second kappa shape index (κ2) is 6.11. The molecule has 1 aromatic carbocycles. The monoisotopic (exact) mass is 299 g/mol. The summed E-state index contributed by atoms with van der Waals surface area (Å²) in [4.78, 5) is 0. The number of hydrogen-bond donors (Lipinski definition) is 2. The second-order valence-corrected chi connectivity index (χ2v) is 5.25. The van der Waals surface area contributed by atoms with E-state index >= 15 is 0 Å². The topological polar surface area (TPSA) is 61.8 Å². The summed E-state index contributed by atoms with van der Waals surface area (Å²) in [6.07, 6.45) is 3.22. The molecular weight excluding hydrogens is 281 g/mol. The maximum Gasteiger partial charge on any atom is 0.0994 e. The molecule has 2 aliphatic rings. The zero-order valence-corrected chi connectivity index (χ0v) is 12.3. The first-order valence-electron chi connectivity index (χ1n) is 6.25. The number of rotatable bonds is 0. The molecule has 3 N–H and O–H groups in total. The minimum atomic E-state index is 0. The smallest absolute Gasteiger partial charge is 0.0994 e. The van der Waals surface area contributed by atoms with Gasteiger partial charge in [0.2, 0.25) is 0 Å². The molecule has 1 spiro atoms. The number of nitriles is 1. The van der Waals surface area contributed by atoms with E-state index in [4.69, 9.17) is 5.73 Å². The van der Waals surface area contributed by atoms with Crippen LogP contribution >= 0.6 is 24.8 Å². The molecule has 1 aromatic rings. The van der Waals surface area contributed by atoms with Gasteiger partial charge in [0.1, 0.15) is 0 Å². The molecule has 1 aliphatic heterocycles. The van der Waals surface area contributed by atoms with Crippen LogP contribution in [-0.2, 0) is 6.42 Å². The van der Waals surface area contributed by atoms with Gasteiger partial charge in [0, 0.05) is 6.04 Å². The predicted molar refractivity (Wildman–Crippen MR) is 80.8 cm³/mol. The first kappa shape index (κ1) is 16.3. The summed E-state index contributed by atoms with van der Waals surface area (Å²) in [6, 6.07) is 8.36. The van der Waals surface area contributed by atoms with Gasteiger partial charge in [-0.2, -0.15) is 5.26 Å². The number of nitrogens with one attached hydrogen (secondary N) is 1. The van der Waals surface area contributed by atoms with Gasteiger partial charge in [-0.1, -0.05) is 12.1 Å². The fourth-order valence-electron chi connectivity index (χ4n) is 3.40. The van der Waals surface area contributed by atoms with E-state index in [1.165, 1.54) is 11.1 Å². The van der Waals surface area contributed by atoms with Crippen molar-refractivity contribution in [3.63, 3.8) is 0 Å². The Morgan fingerprint density at radius 1 is 1.26 bits per heavy atom. The third-order valence-corrected chi connectivity index (χ3v) is 4.46. The molecule has 0 bridgehead atoms. The molecule has 0 aromatic heterocycles. The van der Waals surface area contributed by atoms with Crippen molar-refractivity contribution in [2.75, 3.05) is 13.1 Å². The Kier molecular flexibility index (Phi) is 5.23. The average Bonchev–Trinajstić information content (AvgIpc) is 2.64. The van der Waals surface area contributed by atoms with Gasteiger partial charge in [-0.3, -0.25) is 0 Å². The Hall–Kier alpha value is -0.790. The normalized spacial score (nSPS) is 22.8. The summed E-state index contributed by atoms with van der Waals surface area (Å²) in [6.45, 7) is 2.09. The van der Waals surface area contributed by atoms with E-state index in [1.54, 1.807) is 0 Å². The SMILES string of the molecule is Cl.Cl.N#Cc1cccc2c1CC1(CCNCC1)C2N. The van der Waals surface area contributed by atoms with E-state index in [2.05, 4.69) is 17.5 Å². The molecular formula is C14H19Cl2N3. The lowest BCUT2D eigenvalue weighted by Gasteiger charge is -2.37. The van der Waals surface area contributed by atoms with Crippen molar-refractivity contribution in [3.8, 4) is 6.07 Å². The molecule has 1 atom stereocenters. The van der Waals surface area contributed by atoms with Gasteiger partial charge in [0.15, 0.2) is 0 Å². The van der Waals surface area contributed by atoms with Crippen molar-refractivity contribution in [1.29, 1.82) is 5.26 Å². The molecule has 5 heteroatoms. The highest BCUT2D eigenvalue weighted by Crippen LogP contribution is 2.50. The minimum absolute atomic E-state index is 0. The number of benzene rings is 1. The van der Waals surface area contributed by atoms with Gasteiger partial charge >= 0.3 is 0 Å². The third kappa shape index (κ3) is 2.46. The summed E-state index contributed by atoms with van der Waals surface area (Å²) < 4.78 is 0. The fourth-order valence-corrected chi connectivity index (χ4v) is 3.40. The van der Waals surface area contributed by atoms with Gasteiger partial charge in [-0.25, -0.2) is 0 Å². The van der Waals surface area contributed by atoms with E-state index in [-0.39, 0.29) is 36.3 Å². The second-order valence-electron chi connectivity index (χ2n) is 5.25. The van der Waals surface area contributed by atoms with Crippen LogP contribution in [0.15, 0.2) is 18.2 Å².